The van der Waals surface area contributed by atoms with E-state index in [0.717, 1.165) is 11.3 Å². The Morgan fingerprint density at radius 2 is 2.25 bits per heavy atom. The summed E-state index contributed by atoms with van der Waals surface area (Å²) < 4.78 is 35.9. The van der Waals surface area contributed by atoms with Crippen molar-refractivity contribution in [3.63, 3.8) is 0 Å². The number of imidazole rings is 1. The first-order chi connectivity index (χ1) is 9.37. The summed E-state index contributed by atoms with van der Waals surface area (Å²) in [6.07, 6.45) is 0.469. The molecule has 1 aromatic heterocycles. The fourth-order valence-corrected chi connectivity index (χ4v) is 2.74. The Morgan fingerprint density at radius 3 is 2.95 bits per heavy atom. The molecule has 1 N–H and O–H groups in total. The number of rotatable bonds is 2. The van der Waals surface area contributed by atoms with Crippen LogP contribution in [0.25, 0.3) is 11.0 Å². The summed E-state index contributed by atoms with van der Waals surface area (Å²) >= 11 is 6.11. The zero-order valence-electron chi connectivity index (χ0n) is 10.4. The third-order valence-electron chi connectivity index (χ3n) is 3.16. The molecule has 0 radical (unpaired) electrons. The summed E-state index contributed by atoms with van der Waals surface area (Å²) in [6.45, 7) is 2.46. The Bertz CT molecular complexity index is 841. The van der Waals surface area contributed by atoms with Gasteiger partial charge >= 0.3 is 10.4 Å². The molecule has 1 aromatic carbocycles. The zero-order chi connectivity index (χ0) is 14.5. The second kappa shape index (κ2) is 4.44. The van der Waals surface area contributed by atoms with Gasteiger partial charge in [0.15, 0.2) is 0 Å². The number of hydrogen-bond donors (Lipinski definition) is 1. The van der Waals surface area contributed by atoms with Gasteiger partial charge in [0.1, 0.15) is 11.3 Å². The minimum absolute atomic E-state index is 0.427. The summed E-state index contributed by atoms with van der Waals surface area (Å²) in [5.74, 6) is 0.823. The van der Waals surface area contributed by atoms with Gasteiger partial charge in [0.2, 0.25) is 0 Å². The van der Waals surface area contributed by atoms with Crippen molar-refractivity contribution in [2.24, 2.45) is 5.16 Å². The van der Waals surface area contributed by atoms with E-state index in [-0.39, 0.29) is 0 Å². The average molecular weight is 316 g/mol. The summed E-state index contributed by atoms with van der Waals surface area (Å²) in [4.78, 5) is 4.40. The number of hydrogen-bond acceptors (Lipinski definition) is 5. The summed E-state index contributed by atoms with van der Waals surface area (Å²) in [5, 5.41) is 4.03. The van der Waals surface area contributed by atoms with Crippen LogP contribution in [-0.2, 0) is 21.2 Å². The molecule has 106 valence electrons. The van der Waals surface area contributed by atoms with Gasteiger partial charge in [0, 0.05) is 18.5 Å². The van der Waals surface area contributed by atoms with Crippen LogP contribution < -0.4 is 0 Å². The van der Waals surface area contributed by atoms with E-state index in [1.165, 1.54) is 0 Å². The van der Waals surface area contributed by atoms with Crippen molar-refractivity contribution in [1.82, 2.24) is 9.55 Å². The minimum atomic E-state index is -4.61. The SMILES string of the molecule is Cc1nc2c(Cl)ccc3c2n1CC/C3=N/OS(=O)(=O)O. The van der Waals surface area contributed by atoms with Gasteiger partial charge in [-0.3, -0.25) is 4.55 Å². The van der Waals surface area contributed by atoms with E-state index in [9.17, 15) is 8.42 Å². The Balaban J connectivity index is 2.21. The highest BCUT2D eigenvalue weighted by Crippen LogP contribution is 2.31. The van der Waals surface area contributed by atoms with Crippen molar-refractivity contribution in [1.29, 1.82) is 0 Å². The monoisotopic (exact) mass is 315 g/mol. The summed E-state index contributed by atoms with van der Waals surface area (Å²) in [5.41, 5.74) is 2.55. The molecule has 2 heterocycles. The van der Waals surface area contributed by atoms with Crippen LogP contribution in [0.3, 0.4) is 0 Å². The first-order valence-electron chi connectivity index (χ1n) is 5.75. The van der Waals surface area contributed by atoms with Crippen molar-refractivity contribution in [3.05, 3.63) is 28.5 Å². The van der Waals surface area contributed by atoms with Gasteiger partial charge in [-0.1, -0.05) is 16.8 Å². The molecule has 0 saturated heterocycles. The van der Waals surface area contributed by atoms with E-state index in [1.807, 2.05) is 11.5 Å². The normalized spacial score (nSPS) is 16.9. The van der Waals surface area contributed by atoms with Gasteiger partial charge < -0.3 is 4.57 Å². The van der Waals surface area contributed by atoms with E-state index in [0.29, 0.717) is 34.8 Å². The van der Waals surface area contributed by atoms with E-state index < -0.39 is 10.4 Å². The van der Waals surface area contributed by atoms with Crippen molar-refractivity contribution < 1.29 is 17.3 Å². The molecular weight excluding hydrogens is 306 g/mol. The van der Waals surface area contributed by atoms with E-state index in [2.05, 4.69) is 14.4 Å². The molecule has 1 aliphatic rings. The molecule has 3 rings (SSSR count). The molecule has 0 amide bonds. The van der Waals surface area contributed by atoms with E-state index in [1.54, 1.807) is 12.1 Å². The first kappa shape index (κ1) is 13.3. The number of oxime groups is 1. The zero-order valence-corrected chi connectivity index (χ0v) is 11.9. The van der Waals surface area contributed by atoms with Crippen molar-refractivity contribution in [2.45, 2.75) is 19.9 Å². The molecule has 0 bridgehead atoms. The maximum atomic E-state index is 10.6. The van der Waals surface area contributed by atoms with E-state index in [4.69, 9.17) is 16.2 Å². The van der Waals surface area contributed by atoms with Gasteiger partial charge in [0.25, 0.3) is 0 Å². The van der Waals surface area contributed by atoms with Gasteiger partial charge in [-0.2, -0.15) is 8.42 Å². The average Bonchev–Trinajstić information content (AvgIpc) is 2.70. The van der Waals surface area contributed by atoms with Crippen LogP contribution >= 0.6 is 11.6 Å². The maximum Gasteiger partial charge on any atom is 0.466 e. The summed E-state index contributed by atoms with van der Waals surface area (Å²) in [7, 11) is -4.61. The Hall–Kier alpha value is -1.64. The molecule has 2 aromatic rings. The van der Waals surface area contributed by atoms with E-state index >= 15 is 0 Å². The van der Waals surface area contributed by atoms with Crippen molar-refractivity contribution in [3.8, 4) is 0 Å². The first-order valence-corrected chi connectivity index (χ1v) is 7.50. The molecule has 7 nitrogen and oxygen atoms in total. The topological polar surface area (TPSA) is 93.8 Å². The largest absolute Gasteiger partial charge is 0.466 e. The molecule has 0 fully saturated rings. The molecule has 0 unspecified atom stereocenters. The maximum absolute atomic E-state index is 10.6. The van der Waals surface area contributed by atoms with Crippen LogP contribution in [0.15, 0.2) is 17.3 Å². The fourth-order valence-electron chi connectivity index (χ4n) is 2.36. The smallest absolute Gasteiger partial charge is 0.327 e. The number of nitrogens with zero attached hydrogens (tertiary/aromatic N) is 3. The highest BCUT2D eigenvalue weighted by Gasteiger charge is 2.23. The number of halogens is 1. The van der Waals surface area contributed by atoms with Gasteiger partial charge in [-0.25, -0.2) is 9.27 Å². The van der Waals surface area contributed by atoms with Crippen LogP contribution in [0.2, 0.25) is 5.02 Å². The number of benzene rings is 1. The van der Waals surface area contributed by atoms with Crippen molar-refractivity contribution in [2.75, 3.05) is 0 Å². The van der Waals surface area contributed by atoms with Gasteiger partial charge in [-0.05, 0) is 19.1 Å². The summed E-state index contributed by atoms with van der Waals surface area (Å²) in [6, 6.07) is 3.40. The highest BCUT2D eigenvalue weighted by molar-refractivity contribution is 7.80. The van der Waals surface area contributed by atoms with Crippen LogP contribution in [0.4, 0.5) is 0 Å². The lowest BCUT2D eigenvalue weighted by Gasteiger charge is -2.17. The second-order valence-corrected chi connectivity index (χ2v) is 5.80. The molecule has 0 aliphatic carbocycles. The van der Waals surface area contributed by atoms with Crippen molar-refractivity contribution >= 4 is 38.7 Å². The molecule has 0 atom stereocenters. The quantitative estimate of drug-likeness (QED) is 0.675. The lowest BCUT2D eigenvalue weighted by molar-refractivity contribution is 0.281. The number of aryl methyl sites for hydroxylation is 2. The molecule has 9 heteroatoms. The van der Waals surface area contributed by atoms with Gasteiger partial charge in [0.05, 0.1) is 16.3 Å². The fraction of sp³-hybridized carbons (Fsp3) is 0.273. The molecule has 20 heavy (non-hydrogen) atoms. The Kier molecular flexibility index (Phi) is 2.96. The highest BCUT2D eigenvalue weighted by atomic mass is 35.5. The molecular formula is C11H10ClN3O4S. The standard InChI is InChI=1S/C11H10ClN3O4S/c1-6-13-10-8(12)3-2-7-9(14-19-20(16,17)18)4-5-15(6)11(7)10/h2-3H,4-5H2,1H3,(H,16,17,18)/b14-9-. The Morgan fingerprint density at radius 1 is 1.50 bits per heavy atom. The number of aromatic nitrogens is 2. The van der Waals surface area contributed by atoms with Crippen LogP contribution in [0, 0.1) is 6.92 Å². The predicted octanol–water partition coefficient (Wildman–Crippen LogP) is 1.93. The van der Waals surface area contributed by atoms with Crippen LogP contribution in [-0.4, -0.2) is 28.2 Å². The Labute approximate surface area is 119 Å². The molecule has 1 aliphatic heterocycles. The third-order valence-corrected chi connectivity index (χ3v) is 3.73. The minimum Gasteiger partial charge on any atom is -0.327 e. The predicted molar refractivity (Wildman–Crippen MR) is 73.3 cm³/mol. The lowest BCUT2D eigenvalue weighted by Crippen LogP contribution is -2.17. The van der Waals surface area contributed by atoms with Gasteiger partial charge in [-0.15, -0.1) is 0 Å². The molecule has 0 saturated carbocycles. The third kappa shape index (κ3) is 2.15. The second-order valence-electron chi connectivity index (χ2n) is 4.39. The van der Waals surface area contributed by atoms with Crippen LogP contribution in [0.1, 0.15) is 17.8 Å². The van der Waals surface area contributed by atoms with Crippen LogP contribution in [0.5, 0.6) is 0 Å². The lowest BCUT2D eigenvalue weighted by atomic mass is 10.0. The molecule has 0 spiro atoms.